The van der Waals surface area contributed by atoms with Crippen LogP contribution in [0.4, 0.5) is 4.39 Å². The molecule has 2 aromatic rings. The average Bonchev–Trinajstić information content (AvgIpc) is 2.35. The molecule has 0 bridgehead atoms. The number of alkyl halides is 1. The molecule has 0 amide bonds. The fourth-order valence-corrected chi connectivity index (χ4v) is 1.92. The van der Waals surface area contributed by atoms with Crippen molar-refractivity contribution in [3.63, 3.8) is 0 Å². The van der Waals surface area contributed by atoms with Crippen LogP contribution in [0.3, 0.4) is 0 Å². The third kappa shape index (κ3) is 2.39. The van der Waals surface area contributed by atoms with Crippen molar-refractivity contribution >= 4 is 10.8 Å². The lowest BCUT2D eigenvalue weighted by atomic mass is 10.0. The van der Waals surface area contributed by atoms with Crippen molar-refractivity contribution in [2.24, 2.45) is 5.73 Å². The van der Waals surface area contributed by atoms with E-state index in [4.69, 9.17) is 10.5 Å². The van der Waals surface area contributed by atoms with Gasteiger partial charge in [0, 0.05) is 17.0 Å². The lowest BCUT2D eigenvalue weighted by molar-refractivity contribution is 0.273. The molecule has 2 aromatic carbocycles. The van der Waals surface area contributed by atoms with Gasteiger partial charge in [0.25, 0.3) is 0 Å². The van der Waals surface area contributed by atoms with Gasteiger partial charge in [-0.05, 0) is 12.3 Å². The number of nitrogens with two attached hydrogens (primary N) is 1. The van der Waals surface area contributed by atoms with Crippen LogP contribution >= 0.6 is 0 Å². The Bertz CT molecular complexity index is 511. The van der Waals surface area contributed by atoms with E-state index in [1.165, 1.54) is 0 Å². The minimum absolute atomic E-state index is 0.0632. The zero-order valence-electron chi connectivity index (χ0n) is 9.82. The van der Waals surface area contributed by atoms with E-state index in [1.54, 1.807) is 0 Å². The SMILES string of the molecule is C[C@@H](N)c1ccc2ccccc2c1OCCF. The maximum Gasteiger partial charge on any atom is 0.132 e. The summed E-state index contributed by atoms with van der Waals surface area (Å²) < 4.78 is 17.8. The molecule has 0 spiro atoms. The molecule has 0 aliphatic carbocycles. The highest BCUT2D eigenvalue weighted by atomic mass is 19.1. The Hall–Kier alpha value is -1.61. The van der Waals surface area contributed by atoms with Crippen LogP contribution in [0, 0.1) is 0 Å². The smallest absolute Gasteiger partial charge is 0.132 e. The van der Waals surface area contributed by atoms with Crippen molar-refractivity contribution in [2.45, 2.75) is 13.0 Å². The van der Waals surface area contributed by atoms with Gasteiger partial charge in [-0.15, -0.1) is 0 Å². The van der Waals surface area contributed by atoms with Gasteiger partial charge in [-0.1, -0.05) is 36.4 Å². The van der Waals surface area contributed by atoms with Gasteiger partial charge in [0.2, 0.25) is 0 Å². The highest BCUT2D eigenvalue weighted by molar-refractivity contribution is 5.89. The summed E-state index contributed by atoms with van der Waals surface area (Å²) in [7, 11) is 0. The Kier molecular flexibility index (Phi) is 3.59. The summed E-state index contributed by atoms with van der Waals surface area (Å²) in [6, 6.07) is 11.7. The average molecular weight is 233 g/mol. The zero-order valence-corrected chi connectivity index (χ0v) is 9.82. The van der Waals surface area contributed by atoms with Gasteiger partial charge in [0.15, 0.2) is 0 Å². The minimum atomic E-state index is -0.498. The molecule has 2 nitrogen and oxygen atoms in total. The Labute approximate surface area is 100 Å². The molecule has 0 unspecified atom stereocenters. The fraction of sp³-hybridized carbons (Fsp3) is 0.286. The second-order valence-electron chi connectivity index (χ2n) is 4.03. The van der Waals surface area contributed by atoms with Gasteiger partial charge in [-0.25, -0.2) is 4.39 Å². The summed E-state index contributed by atoms with van der Waals surface area (Å²) in [5, 5.41) is 2.06. The summed E-state index contributed by atoms with van der Waals surface area (Å²) in [5.41, 5.74) is 6.82. The van der Waals surface area contributed by atoms with Crippen LogP contribution in [0.1, 0.15) is 18.5 Å². The second-order valence-corrected chi connectivity index (χ2v) is 4.03. The summed E-state index contributed by atoms with van der Waals surface area (Å²) in [5.74, 6) is 0.704. The molecule has 3 heteroatoms. The first-order valence-electron chi connectivity index (χ1n) is 5.70. The van der Waals surface area contributed by atoms with Crippen LogP contribution in [0.25, 0.3) is 10.8 Å². The summed E-state index contributed by atoms with van der Waals surface area (Å²) in [4.78, 5) is 0. The molecular formula is C14H16FNO. The Morgan fingerprint density at radius 3 is 2.71 bits per heavy atom. The quantitative estimate of drug-likeness (QED) is 0.880. The predicted molar refractivity (Wildman–Crippen MR) is 68.0 cm³/mol. The fourth-order valence-electron chi connectivity index (χ4n) is 1.92. The van der Waals surface area contributed by atoms with E-state index in [1.807, 2.05) is 43.3 Å². The van der Waals surface area contributed by atoms with Crippen molar-refractivity contribution in [2.75, 3.05) is 13.3 Å². The maximum atomic E-state index is 12.3. The molecule has 0 aromatic heterocycles. The van der Waals surface area contributed by atoms with Crippen LogP contribution in [-0.2, 0) is 0 Å². The van der Waals surface area contributed by atoms with Gasteiger partial charge in [-0.3, -0.25) is 0 Å². The first kappa shape index (κ1) is 11.9. The van der Waals surface area contributed by atoms with E-state index in [2.05, 4.69) is 0 Å². The number of hydrogen-bond acceptors (Lipinski definition) is 2. The third-order valence-corrected chi connectivity index (χ3v) is 2.72. The molecule has 1 atom stereocenters. The molecule has 0 saturated carbocycles. The number of halogens is 1. The normalized spacial score (nSPS) is 12.6. The standard InChI is InChI=1S/C14H16FNO/c1-10(16)12-7-6-11-4-2-3-5-13(11)14(12)17-9-8-15/h2-7,10H,8-9,16H2,1H3/t10-/m1/s1. The van der Waals surface area contributed by atoms with E-state index in [9.17, 15) is 4.39 Å². The lowest BCUT2D eigenvalue weighted by Crippen LogP contribution is -2.09. The Morgan fingerprint density at radius 2 is 2.00 bits per heavy atom. The molecule has 2 N–H and O–H groups in total. The number of benzene rings is 2. The first-order valence-corrected chi connectivity index (χ1v) is 5.70. The van der Waals surface area contributed by atoms with Crippen molar-refractivity contribution in [1.29, 1.82) is 0 Å². The minimum Gasteiger partial charge on any atom is -0.490 e. The van der Waals surface area contributed by atoms with Crippen molar-refractivity contribution in [1.82, 2.24) is 0 Å². The largest absolute Gasteiger partial charge is 0.490 e. The van der Waals surface area contributed by atoms with Crippen molar-refractivity contribution in [3.8, 4) is 5.75 Å². The first-order chi connectivity index (χ1) is 8.24. The molecule has 0 aliphatic heterocycles. The van der Waals surface area contributed by atoms with Crippen LogP contribution in [0.15, 0.2) is 36.4 Å². The number of hydrogen-bond donors (Lipinski definition) is 1. The molecule has 0 aliphatic rings. The topological polar surface area (TPSA) is 35.2 Å². The van der Waals surface area contributed by atoms with Gasteiger partial charge < -0.3 is 10.5 Å². The predicted octanol–water partition coefficient (Wildman–Crippen LogP) is 3.21. The number of ether oxygens (including phenoxy) is 1. The van der Waals surface area contributed by atoms with E-state index in [0.29, 0.717) is 5.75 Å². The maximum absolute atomic E-state index is 12.3. The summed E-state index contributed by atoms with van der Waals surface area (Å²) in [6.07, 6.45) is 0. The van der Waals surface area contributed by atoms with E-state index in [0.717, 1.165) is 16.3 Å². The highest BCUT2D eigenvalue weighted by Crippen LogP contribution is 2.32. The summed E-state index contributed by atoms with van der Waals surface area (Å²) in [6.45, 7) is 1.46. The molecule has 2 rings (SSSR count). The molecule has 0 fully saturated rings. The van der Waals surface area contributed by atoms with Crippen LogP contribution in [-0.4, -0.2) is 13.3 Å². The molecule has 0 saturated heterocycles. The molecular weight excluding hydrogens is 217 g/mol. The highest BCUT2D eigenvalue weighted by Gasteiger charge is 2.11. The zero-order chi connectivity index (χ0) is 12.3. The third-order valence-electron chi connectivity index (χ3n) is 2.72. The molecule has 0 heterocycles. The van der Waals surface area contributed by atoms with Gasteiger partial charge in [0.05, 0.1) is 0 Å². The van der Waals surface area contributed by atoms with Gasteiger partial charge >= 0.3 is 0 Å². The van der Waals surface area contributed by atoms with E-state index in [-0.39, 0.29) is 12.6 Å². The Morgan fingerprint density at radius 1 is 1.24 bits per heavy atom. The van der Waals surface area contributed by atoms with Gasteiger partial charge in [-0.2, -0.15) is 0 Å². The van der Waals surface area contributed by atoms with Crippen molar-refractivity contribution < 1.29 is 9.13 Å². The van der Waals surface area contributed by atoms with Crippen LogP contribution < -0.4 is 10.5 Å². The summed E-state index contributed by atoms with van der Waals surface area (Å²) >= 11 is 0. The lowest BCUT2D eigenvalue weighted by Gasteiger charge is -2.15. The van der Waals surface area contributed by atoms with E-state index < -0.39 is 6.67 Å². The van der Waals surface area contributed by atoms with Crippen LogP contribution in [0.2, 0.25) is 0 Å². The molecule has 90 valence electrons. The molecule has 0 radical (unpaired) electrons. The number of fused-ring (bicyclic) bond motifs is 1. The molecule has 17 heavy (non-hydrogen) atoms. The second kappa shape index (κ2) is 5.15. The Balaban J connectivity index is 2.57. The number of rotatable bonds is 4. The monoisotopic (exact) mass is 233 g/mol. The van der Waals surface area contributed by atoms with Crippen LogP contribution in [0.5, 0.6) is 5.75 Å². The van der Waals surface area contributed by atoms with E-state index >= 15 is 0 Å². The van der Waals surface area contributed by atoms with Gasteiger partial charge in [0.1, 0.15) is 19.0 Å². The van der Waals surface area contributed by atoms with Crippen molar-refractivity contribution in [3.05, 3.63) is 42.0 Å².